The highest BCUT2D eigenvalue weighted by atomic mass is 16.5. The molecule has 5 nitrogen and oxygen atoms in total. The summed E-state index contributed by atoms with van der Waals surface area (Å²) in [7, 11) is 1.91. The average molecular weight is 258 g/mol. The zero-order valence-corrected chi connectivity index (χ0v) is 11.0. The fourth-order valence-corrected chi connectivity index (χ4v) is 2.77. The molecule has 2 N–H and O–H groups in total. The number of ether oxygens (including phenoxy) is 1. The van der Waals surface area contributed by atoms with Crippen molar-refractivity contribution in [2.75, 3.05) is 13.2 Å². The molecule has 1 aromatic carbocycles. The van der Waals surface area contributed by atoms with Gasteiger partial charge in [-0.1, -0.05) is 18.2 Å². The van der Waals surface area contributed by atoms with Crippen molar-refractivity contribution in [3.05, 3.63) is 42.0 Å². The van der Waals surface area contributed by atoms with Crippen molar-refractivity contribution in [2.45, 2.75) is 18.3 Å². The molecule has 1 aliphatic heterocycles. The lowest BCUT2D eigenvalue weighted by atomic mass is 9.73. The number of para-hydroxylation sites is 1. The standard InChI is InChI=1S/C14H18N4O/c1-18-13(16-10-17-18)8-14(9-15)6-7-19-12-5-3-2-4-11(12)14/h2-5,10H,6-9,15H2,1H3. The molecule has 1 atom stereocenters. The van der Waals surface area contributed by atoms with E-state index in [4.69, 9.17) is 10.5 Å². The molecule has 5 heteroatoms. The molecule has 0 spiro atoms. The second kappa shape index (κ2) is 4.66. The van der Waals surface area contributed by atoms with Gasteiger partial charge in [0.2, 0.25) is 0 Å². The molecular weight excluding hydrogens is 240 g/mol. The van der Waals surface area contributed by atoms with Gasteiger partial charge in [-0.25, -0.2) is 4.98 Å². The first-order chi connectivity index (χ1) is 9.25. The molecular formula is C14H18N4O. The van der Waals surface area contributed by atoms with Gasteiger partial charge < -0.3 is 10.5 Å². The monoisotopic (exact) mass is 258 g/mol. The predicted octanol–water partition coefficient (Wildman–Crippen LogP) is 1.04. The fraction of sp³-hybridized carbons (Fsp3) is 0.429. The lowest BCUT2D eigenvalue weighted by Gasteiger charge is -2.37. The normalized spacial score (nSPS) is 21.8. The summed E-state index contributed by atoms with van der Waals surface area (Å²) in [6.07, 6.45) is 3.29. The minimum absolute atomic E-state index is 0.102. The first-order valence-electron chi connectivity index (χ1n) is 6.50. The van der Waals surface area contributed by atoms with E-state index in [0.29, 0.717) is 13.2 Å². The van der Waals surface area contributed by atoms with Crippen molar-refractivity contribution in [1.29, 1.82) is 0 Å². The molecule has 0 amide bonds. The molecule has 100 valence electrons. The van der Waals surface area contributed by atoms with Crippen molar-refractivity contribution < 1.29 is 4.74 Å². The number of aryl methyl sites for hydroxylation is 1. The first-order valence-corrected chi connectivity index (χ1v) is 6.50. The maximum absolute atomic E-state index is 6.11. The number of fused-ring (bicyclic) bond motifs is 1. The molecule has 19 heavy (non-hydrogen) atoms. The van der Waals surface area contributed by atoms with Crippen LogP contribution >= 0.6 is 0 Å². The van der Waals surface area contributed by atoms with E-state index in [1.807, 2.05) is 29.9 Å². The Morgan fingerprint density at radius 2 is 2.26 bits per heavy atom. The van der Waals surface area contributed by atoms with Crippen LogP contribution in [-0.4, -0.2) is 27.9 Å². The maximum atomic E-state index is 6.11. The SMILES string of the molecule is Cn1ncnc1CC1(CN)CCOc2ccccc21. The lowest BCUT2D eigenvalue weighted by Crippen LogP contribution is -2.42. The predicted molar refractivity (Wildman–Crippen MR) is 72.0 cm³/mol. The van der Waals surface area contributed by atoms with E-state index in [-0.39, 0.29) is 5.41 Å². The highest BCUT2D eigenvalue weighted by molar-refractivity contribution is 5.42. The number of rotatable bonds is 3. The van der Waals surface area contributed by atoms with Crippen LogP contribution in [0.25, 0.3) is 0 Å². The van der Waals surface area contributed by atoms with Crippen molar-refractivity contribution >= 4 is 0 Å². The Kier molecular flexibility index (Phi) is 2.98. The summed E-state index contributed by atoms with van der Waals surface area (Å²) in [6, 6.07) is 8.15. The molecule has 2 aromatic rings. The number of hydrogen-bond donors (Lipinski definition) is 1. The molecule has 1 aromatic heterocycles. The van der Waals surface area contributed by atoms with Crippen LogP contribution in [0.4, 0.5) is 0 Å². The zero-order chi connectivity index (χ0) is 13.3. The van der Waals surface area contributed by atoms with E-state index in [0.717, 1.165) is 24.4 Å². The van der Waals surface area contributed by atoms with E-state index < -0.39 is 0 Å². The van der Waals surface area contributed by atoms with Crippen LogP contribution in [0, 0.1) is 0 Å². The third kappa shape index (κ3) is 2.00. The van der Waals surface area contributed by atoms with Crippen LogP contribution in [-0.2, 0) is 18.9 Å². The molecule has 0 bridgehead atoms. The summed E-state index contributed by atoms with van der Waals surface area (Å²) >= 11 is 0. The largest absolute Gasteiger partial charge is 0.493 e. The Morgan fingerprint density at radius 1 is 1.42 bits per heavy atom. The van der Waals surface area contributed by atoms with Crippen molar-refractivity contribution in [2.24, 2.45) is 12.8 Å². The summed E-state index contributed by atoms with van der Waals surface area (Å²) in [5, 5.41) is 4.14. The van der Waals surface area contributed by atoms with E-state index in [1.165, 1.54) is 5.56 Å². The van der Waals surface area contributed by atoms with Crippen molar-refractivity contribution in [3.8, 4) is 5.75 Å². The molecule has 0 saturated heterocycles. The third-order valence-corrected chi connectivity index (χ3v) is 3.99. The van der Waals surface area contributed by atoms with E-state index >= 15 is 0 Å². The van der Waals surface area contributed by atoms with Gasteiger partial charge in [0.1, 0.15) is 17.9 Å². The van der Waals surface area contributed by atoms with Crippen LogP contribution < -0.4 is 10.5 Å². The molecule has 0 fully saturated rings. The topological polar surface area (TPSA) is 66.0 Å². The first kappa shape index (κ1) is 12.2. The molecule has 2 heterocycles. The minimum Gasteiger partial charge on any atom is -0.493 e. The van der Waals surface area contributed by atoms with Crippen molar-refractivity contribution in [3.63, 3.8) is 0 Å². The van der Waals surface area contributed by atoms with E-state index in [1.54, 1.807) is 6.33 Å². The molecule has 0 radical (unpaired) electrons. The minimum atomic E-state index is -0.102. The van der Waals surface area contributed by atoms with Gasteiger partial charge >= 0.3 is 0 Å². The summed E-state index contributed by atoms with van der Waals surface area (Å²) in [5.74, 6) is 1.91. The Bertz CT molecular complexity index is 580. The quantitative estimate of drug-likeness (QED) is 0.893. The Labute approximate surface area is 112 Å². The van der Waals surface area contributed by atoms with Crippen LogP contribution in [0.5, 0.6) is 5.75 Å². The Morgan fingerprint density at radius 3 is 3.00 bits per heavy atom. The lowest BCUT2D eigenvalue weighted by molar-refractivity contribution is 0.213. The zero-order valence-electron chi connectivity index (χ0n) is 11.0. The Balaban J connectivity index is 2.03. The number of hydrogen-bond acceptors (Lipinski definition) is 4. The van der Waals surface area contributed by atoms with E-state index in [2.05, 4.69) is 16.1 Å². The van der Waals surface area contributed by atoms with Gasteiger partial charge in [-0.2, -0.15) is 5.10 Å². The van der Waals surface area contributed by atoms with Crippen LogP contribution in [0.15, 0.2) is 30.6 Å². The summed E-state index contributed by atoms with van der Waals surface area (Å²) in [5.41, 5.74) is 7.19. The highest BCUT2D eigenvalue weighted by Gasteiger charge is 2.37. The smallest absolute Gasteiger partial charge is 0.138 e. The van der Waals surface area contributed by atoms with Gasteiger partial charge in [0.15, 0.2) is 0 Å². The summed E-state index contributed by atoms with van der Waals surface area (Å²) in [4.78, 5) is 4.33. The van der Waals surface area contributed by atoms with Gasteiger partial charge in [-0.05, 0) is 12.5 Å². The Hall–Kier alpha value is -1.88. The molecule has 0 saturated carbocycles. The van der Waals surface area contributed by atoms with Crippen LogP contribution in [0.2, 0.25) is 0 Å². The summed E-state index contributed by atoms with van der Waals surface area (Å²) < 4.78 is 7.55. The van der Waals surface area contributed by atoms with Crippen LogP contribution in [0.3, 0.4) is 0 Å². The second-order valence-corrected chi connectivity index (χ2v) is 5.06. The molecule has 1 aliphatic rings. The maximum Gasteiger partial charge on any atom is 0.138 e. The van der Waals surface area contributed by atoms with Crippen molar-refractivity contribution in [1.82, 2.24) is 14.8 Å². The number of benzene rings is 1. The van der Waals surface area contributed by atoms with Crippen LogP contribution in [0.1, 0.15) is 17.8 Å². The van der Waals surface area contributed by atoms with Gasteiger partial charge in [-0.3, -0.25) is 4.68 Å². The number of nitrogens with zero attached hydrogens (tertiary/aromatic N) is 3. The third-order valence-electron chi connectivity index (χ3n) is 3.99. The average Bonchev–Trinajstić information content (AvgIpc) is 2.84. The number of nitrogens with two attached hydrogens (primary N) is 1. The molecule has 0 aliphatic carbocycles. The van der Waals surface area contributed by atoms with Gasteiger partial charge in [-0.15, -0.1) is 0 Å². The second-order valence-electron chi connectivity index (χ2n) is 5.06. The molecule has 1 unspecified atom stereocenters. The number of aromatic nitrogens is 3. The van der Waals surface area contributed by atoms with Gasteiger partial charge in [0.05, 0.1) is 6.61 Å². The molecule has 3 rings (SSSR count). The van der Waals surface area contributed by atoms with E-state index in [9.17, 15) is 0 Å². The summed E-state index contributed by atoms with van der Waals surface area (Å²) in [6.45, 7) is 1.28. The highest BCUT2D eigenvalue weighted by Crippen LogP contribution is 2.40. The van der Waals surface area contributed by atoms with Gasteiger partial charge in [0.25, 0.3) is 0 Å². The van der Waals surface area contributed by atoms with Gasteiger partial charge in [0, 0.05) is 31.0 Å². The fourth-order valence-electron chi connectivity index (χ4n) is 2.77.